The quantitative estimate of drug-likeness (QED) is 0.767. The van der Waals surface area contributed by atoms with Crippen molar-refractivity contribution in [3.05, 3.63) is 53.6 Å². The lowest BCUT2D eigenvalue weighted by molar-refractivity contribution is 0.102. The van der Waals surface area contributed by atoms with Crippen molar-refractivity contribution >= 4 is 21.8 Å². The lowest BCUT2D eigenvalue weighted by Gasteiger charge is -2.36. The number of benzene rings is 1. The van der Waals surface area contributed by atoms with Crippen LogP contribution in [0.4, 0.5) is 5.69 Å². The van der Waals surface area contributed by atoms with Crippen molar-refractivity contribution in [2.24, 2.45) is 0 Å². The number of para-hydroxylation sites is 1. The highest BCUT2D eigenvalue weighted by atomic mass is 32.2. The van der Waals surface area contributed by atoms with Gasteiger partial charge >= 0.3 is 0 Å². The standard InChI is InChI=1S/C22H29N5O3S/c1-17-20(22(28)25-19-10-4-2-5-11-19)15-23-21(24-17)18-9-8-14-27(16-18)31(29,30)26-12-6-3-7-13-26/h2,4-5,10-11,15,18H,3,6-9,12-14,16H2,1H3,(H,25,28). The number of aryl methyl sites for hydroxylation is 1. The van der Waals surface area contributed by atoms with E-state index in [4.69, 9.17) is 0 Å². The summed E-state index contributed by atoms with van der Waals surface area (Å²) in [5, 5.41) is 2.85. The Morgan fingerprint density at radius 1 is 1.03 bits per heavy atom. The SMILES string of the molecule is Cc1nc(C2CCCN(S(=O)(=O)N3CCCCC3)C2)ncc1C(=O)Nc1ccccc1. The van der Waals surface area contributed by atoms with Crippen molar-refractivity contribution in [3.63, 3.8) is 0 Å². The fourth-order valence-corrected chi connectivity index (χ4v) is 6.02. The molecule has 0 spiro atoms. The molecule has 2 aromatic rings. The molecular weight excluding hydrogens is 414 g/mol. The van der Waals surface area contributed by atoms with E-state index in [1.54, 1.807) is 21.7 Å². The second kappa shape index (κ2) is 9.42. The Hall–Kier alpha value is -2.36. The van der Waals surface area contributed by atoms with Crippen LogP contribution in [-0.2, 0) is 10.2 Å². The Labute approximate surface area is 183 Å². The summed E-state index contributed by atoms with van der Waals surface area (Å²) in [6.45, 7) is 3.91. The second-order valence-electron chi connectivity index (χ2n) is 8.21. The van der Waals surface area contributed by atoms with Crippen LogP contribution in [-0.4, -0.2) is 59.1 Å². The number of hydrogen-bond donors (Lipinski definition) is 1. The number of amides is 1. The van der Waals surface area contributed by atoms with Crippen molar-refractivity contribution < 1.29 is 13.2 Å². The maximum Gasteiger partial charge on any atom is 0.281 e. The molecule has 2 aliphatic heterocycles. The zero-order valence-corrected chi connectivity index (χ0v) is 18.6. The summed E-state index contributed by atoms with van der Waals surface area (Å²) < 4.78 is 29.3. The predicted molar refractivity (Wildman–Crippen MR) is 119 cm³/mol. The summed E-state index contributed by atoms with van der Waals surface area (Å²) >= 11 is 0. The van der Waals surface area contributed by atoms with Crippen LogP contribution in [0.3, 0.4) is 0 Å². The predicted octanol–water partition coefficient (Wildman–Crippen LogP) is 2.95. The zero-order chi connectivity index (χ0) is 21.8. The van der Waals surface area contributed by atoms with Gasteiger partial charge in [-0.1, -0.05) is 24.6 Å². The number of nitrogens with one attached hydrogen (secondary N) is 1. The Balaban J connectivity index is 1.46. The molecule has 0 radical (unpaired) electrons. The van der Waals surface area contributed by atoms with Crippen molar-refractivity contribution in [2.75, 3.05) is 31.5 Å². The molecule has 1 atom stereocenters. The maximum absolute atomic E-state index is 13.1. The summed E-state index contributed by atoms with van der Waals surface area (Å²) in [5.74, 6) is 0.277. The number of nitrogens with zero attached hydrogens (tertiary/aromatic N) is 4. The summed E-state index contributed by atoms with van der Waals surface area (Å²) in [6, 6.07) is 9.24. The fraction of sp³-hybridized carbons (Fsp3) is 0.500. The lowest BCUT2D eigenvalue weighted by atomic mass is 9.98. The molecule has 1 aromatic heterocycles. The van der Waals surface area contributed by atoms with E-state index in [2.05, 4.69) is 15.3 Å². The monoisotopic (exact) mass is 443 g/mol. The van der Waals surface area contributed by atoms with Gasteiger partial charge in [-0.3, -0.25) is 4.79 Å². The number of hydrogen-bond acceptors (Lipinski definition) is 5. The van der Waals surface area contributed by atoms with Gasteiger partial charge in [0.15, 0.2) is 0 Å². The molecule has 166 valence electrons. The smallest absolute Gasteiger partial charge is 0.281 e. The Kier molecular flexibility index (Phi) is 6.64. The molecule has 4 rings (SSSR count). The number of carbonyl (C=O) groups is 1. The average molecular weight is 444 g/mol. The highest BCUT2D eigenvalue weighted by molar-refractivity contribution is 7.86. The molecule has 1 aromatic carbocycles. The molecule has 0 bridgehead atoms. The first kappa shape index (κ1) is 21.9. The van der Waals surface area contributed by atoms with E-state index in [-0.39, 0.29) is 11.8 Å². The van der Waals surface area contributed by atoms with Crippen molar-refractivity contribution in [3.8, 4) is 0 Å². The van der Waals surface area contributed by atoms with E-state index in [1.807, 2.05) is 30.3 Å². The summed E-state index contributed by atoms with van der Waals surface area (Å²) in [4.78, 5) is 21.6. The van der Waals surface area contributed by atoms with Gasteiger partial charge in [0.2, 0.25) is 0 Å². The molecule has 9 heteroatoms. The van der Waals surface area contributed by atoms with Gasteiger partial charge in [0.05, 0.1) is 11.3 Å². The summed E-state index contributed by atoms with van der Waals surface area (Å²) in [7, 11) is -3.45. The highest BCUT2D eigenvalue weighted by Gasteiger charge is 2.35. The normalized spacial score (nSPS) is 21.0. The lowest BCUT2D eigenvalue weighted by Crippen LogP contribution is -2.49. The Bertz CT molecular complexity index is 1020. The van der Waals surface area contributed by atoms with Crippen LogP contribution in [0.15, 0.2) is 36.5 Å². The second-order valence-corrected chi connectivity index (χ2v) is 10.1. The minimum absolute atomic E-state index is 0.0711. The van der Waals surface area contributed by atoms with Crippen molar-refractivity contribution in [2.45, 2.75) is 44.9 Å². The van der Waals surface area contributed by atoms with Gasteiger partial charge in [-0.15, -0.1) is 0 Å². The molecule has 0 saturated carbocycles. The minimum atomic E-state index is -3.45. The topological polar surface area (TPSA) is 95.5 Å². The molecule has 2 saturated heterocycles. The molecule has 2 fully saturated rings. The molecule has 1 N–H and O–H groups in total. The molecule has 3 heterocycles. The highest BCUT2D eigenvalue weighted by Crippen LogP contribution is 2.28. The van der Waals surface area contributed by atoms with Crippen molar-refractivity contribution in [1.82, 2.24) is 18.6 Å². The van der Waals surface area contributed by atoms with Crippen molar-refractivity contribution in [1.29, 1.82) is 0 Å². The van der Waals surface area contributed by atoms with E-state index in [0.717, 1.165) is 32.1 Å². The molecule has 31 heavy (non-hydrogen) atoms. The first-order valence-electron chi connectivity index (χ1n) is 10.9. The van der Waals surface area contributed by atoms with E-state index < -0.39 is 10.2 Å². The van der Waals surface area contributed by atoms with E-state index in [9.17, 15) is 13.2 Å². The molecule has 1 unspecified atom stereocenters. The van der Waals surface area contributed by atoms with Gasteiger partial charge in [-0.2, -0.15) is 17.0 Å². The number of rotatable bonds is 5. The molecule has 2 aliphatic rings. The van der Waals surface area contributed by atoms with Crippen LogP contribution in [0.2, 0.25) is 0 Å². The van der Waals surface area contributed by atoms with Crippen LogP contribution in [0, 0.1) is 6.92 Å². The van der Waals surface area contributed by atoms with Crippen LogP contribution in [0.1, 0.15) is 59.9 Å². The van der Waals surface area contributed by atoms with Crippen LogP contribution >= 0.6 is 0 Å². The largest absolute Gasteiger partial charge is 0.322 e. The minimum Gasteiger partial charge on any atom is -0.322 e. The Morgan fingerprint density at radius 2 is 1.74 bits per heavy atom. The number of anilines is 1. The average Bonchev–Trinajstić information content (AvgIpc) is 2.80. The summed E-state index contributed by atoms with van der Waals surface area (Å²) in [5.41, 5.74) is 1.72. The maximum atomic E-state index is 13.1. The zero-order valence-electron chi connectivity index (χ0n) is 17.8. The molecule has 8 nitrogen and oxygen atoms in total. The van der Waals surface area contributed by atoms with Crippen LogP contribution in [0.5, 0.6) is 0 Å². The third-order valence-corrected chi connectivity index (χ3v) is 7.99. The number of aromatic nitrogens is 2. The third kappa shape index (κ3) is 4.94. The number of carbonyl (C=O) groups excluding carboxylic acids is 1. The van der Waals surface area contributed by atoms with E-state index in [0.29, 0.717) is 48.9 Å². The molecule has 0 aliphatic carbocycles. The molecule has 1 amide bonds. The van der Waals surface area contributed by atoms with Gasteiger partial charge in [0.1, 0.15) is 5.82 Å². The van der Waals surface area contributed by atoms with Gasteiger partial charge in [0.25, 0.3) is 16.1 Å². The third-order valence-electron chi connectivity index (χ3n) is 5.99. The first-order chi connectivity index (χ1) is 14.9. The number of piperidine rings is 2. The Morgan fingerprint density at radius 3 is 2.45 bits per heavy atom. The molecular formula is C22H29N5O3S. The first-order valence-corrected chi connectivity index (χ1v) is 12.3. The summed E-state index contributed by atoms with van der Waals surface area (Å²) in [6.07, 6.45) is 6.09. The van der Waals surface area contributed by atoms with E-state index in [1.165, 1.54) is 0 Å². The van der Waals surface area contributed by atoms with Gasteiger partial charge in [0, 0.05) is 44.0 Å². The van der Waals surface area contributed by atoms with Crippen LogP contribution < -0.4 is 5.32 Å². The van der Waals surface area contributed by atoms with Gasteiger partial charge < -0.3 is 5.32 Å². The van der Waals surface area contributed by atoms with E-state index >= 15 is 0 Å². The van der Waals surface area contributed by atoms with Gasteiger partial charge in [-0.05, 0) is 44.7 Å². The van der Waals surface area contributed by atoms with Crippen LogP contribution in [0.25, 0.3) is 0 Å². The van der Waals surface area contributed by atoms with Gasteiger partial charge in [-0.25, -0.2) is 9.97 Å². The fourth-order valence-electron chi connectivity index (χ4n) is 4.25.